The van der Waals surface area contributed by atoms with Gasteiger partial charge in [0, 0.05) is 0 Å². The van der Waals surface area contributed by atoms with Gasteiger partial charge in [-0.1, -0.05) is 12.1 Å². The number of hydrogen-bond acceptors (Lipinski definition) is 6. The van der Waals surface area contributed by atoms with Crippen LogP contribution < -0.4 is 23.8 Å². The standard InChI is InChI=1S/C19H22N2O6S/c1-25-15-9-7-14(8-10-15)21(28(2,23)24)12-19(22)20-11-16-13-26-17-5-3-4-6-18(17)27-16/h3-10,16H,11-13H2,1-2H3,(H,20,22)/t16-/m0/s1. The Balaban J connectivity index is 1.60. The van der Waals surface area contributed by atoms with E-state index in [2.05, 4.69) is 5.32 Å². The summed E-state index contributed by atoms with van der Waals surface area (Å²) in [6.45, 7) is 0.161. The number of para-hydroxylation sites is 2. The first-order valence-corrected chi connectivity index (χ1v) is 10.5. The van der Waals surface area contributed by atoms with Crippen LogP contribution in [0.5, 0.6) is 17.2 Å². The van der Waals surface area contributed by atoms with Gasteiger partial charge in [0.15, 0.2) is 11.5 Å². The summed E-state index contributed by atoms with van der Waals surface area (Å²) < 4.78 is 41.8. The van der Waals surface area contributed by atoms with Gasteiger partial charge in [-0.05, 0) is 36.4 Å². The molecule has 28 heavy (non-hydrogen) atoms. The summed E-state index contributed by atoms with van der Waals surface area (Å²) in [5.74, 6) is 1.43. The predicted octanol–water partition coefficient (Wildman–Crippen LogP) is 1.42. The maximum absolute atomic E-state index is 12.3. The molecule has 1 atom stereocenters. The number of carbonyl (C=O) groups is 1. The molecule has 1 heterocycles. The SMILES string of the molecule is COc1ccc(N(CC(=O)NC[C@H]2COc3ccccc3O2)S(C)(=O)=O)cc1. The van der Waals surface area contributed by atoms with Gasteiger partial charge in [-0.25, -0.2) is 8.42 Å². The summed E-state index contributed by atoms with van der Waals surface area (Å²) in [5, 5.41) is 2.70. The van der Waals surface area contributed by atoms with Gasteiger partial charge in [0.1, 0.15) is 25.0 Å². The molecule has 0 spiro atoms. The molecule has 1 N–H and O–H groups in total. The Kier molecular flexibility index (Phi) is 5.93. The summed E-state index contributed by atoms with van der Waals surface area (Å²) >= 11 is 0. The van der Waals surface area contributed by atoms with E-state index in [4.69, 9.17) is 14.2 Å². The Morgan fingerprint density at radius 1 is 1.18 bits per heavy atom. The van der Waals surface area contributed by atoms with Crippen molar-refractivity contribution in [3.63, 3.8) is 0 Å². The highest BCUT2D eigenvalue weighted by Crippen LogP contribution is 2.30. The van der Waals surface area contributed by atoms with E-state index in [0.29, 0.717) is 29.5 Å². The van der Waals surface area contributed by atoms with Crippen molar-refractivity contribution in [1.82, 2.24) is 5.32 Å². The Morgan fingerprint density at radius 2 is 1.86 bits per heavy atom. The Hall–Kier alpha value is -2.94. The fraction of sp³-hybridized carbons (Fsp3) is 0.316. The second-order valence-corrected chi connectivity index (χ2v) is 8.18. The van der Waals surface area contributed by atoms with Crippen LogP contribution >= 0.6 is 0 Å². The van der Waals surface area contributed by atoms with E-state index in [-0.39, 0.29) is 19.2 Å². The molecule has 0 unspecified atom stereocenters. The molecule has 9 heteroatoms. The van der Waals surface area contributed by atoms with Crippen molar-refractivity contribution in [2.24, 2.45) is 0 Å². The van der Waals surface area contributed by atoms with Crippen molar-refractivity contribution in [3.8, 4) is 17.2 Å². The number of methoxy groups -OCH3 is 1. The number of ether oxygens (including phenoxy) is 3. The van der Waals surface area contributed by atoms with Crippen LogP contribution in [0.3, 0.4) is 0 Å². The van der Waals surface area contributed by atoms with E-state index >= 15 is 0 Å². The molecule has 2 aromatic carbocycles. The van der Waals surface area contributed by atoms with Crippen LogP contribution in [0.15, 0.2) is 48.5 Å². The number of anilines is 1. The lowest BCUT2D eigenvalue weighted by Crippen LogP contribution is -2.45. The molecular formula is C19H22N2O6S. The zero-order chi connectivity index (χ0) is 20.1. The summed E-state index contributed by atoms with van der Waals surface area (Å²) in [6, 6.07) is 13.7. The van der Waals surface area contributed by atoms with Crippen molar-refractivity contribution >= 4 is 21.6 Å². The molecule has 1 aliphatic heterocycles. The number of rotatable bonds is 7. The number of fused-ring (bicyclic) bond motifs is 1. The van der Waals surface area contributed by atoms with Gasteiger partial charge in [0.05, 0.1) is 25.6 Å². The Bertz CT molecular complexity index is 930. The van der Waals surface area contributed by atoms with Crippen LogP contribution in [0.25, 0.3) is 0 Å². The van der Waals surface area contributed by atoms with Crippen LogP contribution in [0.4, 0.5) is 5.69 Å². The Labute approximate surface area is 164 Å². The monoisotopic (exact) mass is 406 g/mol. The Morgan fingerprint density at radius 3 is 2.50 bits per heavy atom. The molecule has 0 saturated carbocycles. The number of carbonyl (C=O) groups excluding carboxylic acids is 1. The fourth-order valence-corrected chi connectivity index (χ4v) is 3.58. The first-order valence-electron chi connectivity index (χ1n) is 8.64. The molecule has 8 nitrogen and oxygen atoms in total. The van der Waals surface area contributed by atoms with Gasteiger partial charge < -0.3 is 19.5 Å². The first kappa shape index (κ1) is 19.8. The van der Waals surface area contributed by atoms with E-state index in [0.717, 1.165) is 10.6 Å². The summed E-state index contributed by atoms with van der Waals surface area (Å²) in [4.78, 5) is 12.3. The lowest BCUT2D eigenvalue weighted by molar-refractivity contribution is -0.120. The van der Waals surface area contributed by atoms with Gasteiger partial charge in [-0.2, -0.15) is 0 Å². The van der Waals surface area contributed by atoms with Crippen LogP contribution in [0, 0.1) is 0 Å². The van der Waals surface area contributed by atoms with Crippen molar-refractivity contribution in [2.75, 3.05) is 37.4 Å². The minimum absolute atomic E-state index is 0.202. The van der Waals surface area contributed by atoms with Gasteiger partial charge in [0.25, 0.3) is 0 Å². The average Bonchev–Trinajstić information content (AvgIpc) is 2.69. The van der Waals surface area contributed by atoms with Gasteiger partial charge in [-0.3, -0.25) is 9.10 Å². The molecular weight excluding hydrogens is 384 g/mol. The highest BCUT2D eigenvalue weighted by Gasteiger charge is 2.24. The minimum atomic E-state index is -3.64. The van der Waals surface area contributed by atoms with Gasteiger partial charge in [-0.15, -0.1) is 0 Å². The number of nitrogens with zero attached hydrogens (tertiary/aromatic N) is 1. The second-order valence-electron chi connectivity index (χ2n) is 6.27. The average molecular weight is 406 g/mol. The summed E-state index contributed by atoms with van der Waals surface area (Å²) in [7, 11) is -2.12. The van der Waals surface area contributed by atoms with Crippen LogP contribution in [-0.4, -0.2) is 53.5 Å². The van der Waals surface area contributed by atoms with Crippen molar-refractivity contribution in [1.29, 1.82) is 0 Å². The normalized spacial score (nSPS) is 15.6. The predicted molar refractivity (Wildman–Crippen MR) is 105 cm³/mol. The maximum atomic E-state index is 12.3. The highest BCUT2D eigenvalue weighted by atomic mass is 32.2. The topological polar surface area (TPSA) is 94.2 Å². The third-order valence-corrected chi connectivity index (χ3v) is 5.28. The largest absolute Gasteiger partial charge is 0.497 e. The molecule has 0 aliphatic carbocycles. The van der Waals surface area contributed by atoms with Crippen molar-refractivity contribution < 1.29 is 27.4 Å². The van der Waals surface area contributed by atoms with E-state index in [1.54, 1.807) is 30.3 Å². The van der Waals surface area contributed by atoms with Crippen molar-refractivity contribution in [2.45, 2.75) is 6.10 Å². The zero-order valence-corrected chi connectivity index (χ0v) is 16.4. The zero-order valence-electron chi connectivity index (χ0n) is 15.6. The third-order valence-electron chi connectivity index (χ3n) is 4.14. The molecule has 0 radical (unpaired) electrons. The van der Waals surface area contributed by atoms with Gasteiger partial charge in [0.2, 0.25) is 15.9 Å². The number of hydrogen-bond donors (Lipinski definition) is 1. The van der Waals surface area contributed by atoms with E-state index < -0.39 is 15.9 Å². The van der Waals surface area contributed by atoms with Crippen LogP contribution in [0.2, 0.25) is 0 Å². The molecule has 0 aromatic heterocycles. The van der Waals surface area contributed by atoms with E-state index in [1.165, 1.54) is 7.11 Å². The number of nitrogens with one attached hydrogen (secondary N) is 1. The third kappa shape index (κ3) is 4.86. The lowest BCUT2D eigenvalue weighted by Gasteiger charge is -2.27. The maximum Gasteiger partial charge on any atom is 0.240 e. The lowest BCUT2D eigenvalue weighted by atomic mass is 10.2. The molecule has 0 saturated heterocycles. The molecule has 3 rings (SSSR count). The molecule has 2 aromatic rings. The van der Waals surface area contributed by atoms with Crippen LogP contribution in [-0.2, 0) is 14.8 Å². The molecule has 0 fully saturated rings. The first-order chi connectivity index (χ1) is 13.4. The van der Waals surface area contributed by atoms with Crippen molar-refractivity contribution in [3.05, 3.63) is 48.5 Å². The van der Waals surface area contributed by atoms with E-state index in [9.17, 15) is 13.2 Å². The minimum Gasteiger partial charge on any atom is -0.497 e. The molecule has 150 valence electrons. The van der Waals surface area contributed by atoms with Gasteiger partial charge >= 0.3 is 0 Å². The number of amides is 1. The fourth-order valence-electron chi connectivity index (χ4n) is 2.73. The second kappa shape index (κ2) is 8.39. The van der Waals surface area contributed by atoms with Crippen LogP contribution in [0.1, 0.15) is 0 Å². The molecule has 0 bridgehead atoms. The highest BCUT2D eigenvalue weighted by molar-refractivity contribution is 7.92. The number of benzene rings is 2. The summed E-state index contributed by atoms with van der Waals surface area (Å²) in [6.07, 6.45) is 0.700. The van der Waals surface area contributed by atoms with E-state index in [1.807, 2.05) is 18.2 Å². The summed E-state index contributed by atoms with van der Waals surface area (Å²) in [5.41, 5.74) is 0.379. The smallest absolute Gasteiger partial charge is 0.240 e. The molecule has 1 amide bonds. The molecule has 1 aliphatic rings. The quantitative estimate of drug-likeness (QED) is 0.747. The number of sulfonamides is 1.